The van der Waals surface area contributed by atoms with Crippen LogP contribution in [-0.2, 0) is 0 Å². The Morgan fingerprint density at radius 1 is 1.64 bits per heavy atom. The number of nitrogens with zero attached hydrogens (tertiary/aromatic N) is 3. The van der Waals surface area contributed by atoms with Crippen molar-refractivity contribution in [2.75, 3.05) is 6.61 Å². The van der Waals surface area contributed by atoms with E-state index in [4.69, 9.17) is 15.7 Å². The molecule has 2 N–H and O–H groups in total. The van der Waals surface area contributed by atoms with Crippen LogP contribution in [0.3, 0.4) is 0 Å². The van der Waals surface area contributed by atoms with E-state index in [1.54, 1.807) is 0 Å². The minimum Gasteiger partial charge on any atom is -0.394 e. The van der Waals surface area contributed by atoms with Crippen LogP contribution in [0.25, 0.3) is 10.4 Å². The fourth-order valence-corrected chi connectivity index (χ4v) is 0.757. The molecule has 11 heavy (non-hydrogen) atoms. The van der Waals surface area contributed by atoms with Crippen molar-refractivity contribution < 1.29 is 10.2 Å². The third-order valence-corrected chi connectivity index (χ3v) is 1.44. The molecule has 0 aromatic heterocycles. The molecule has 2 atom stereocenters. The van der Waals surface area contributed by atoms with Crippen molar-refractivity contribution in [2.45, 2.75) is 31.9 Å². The Morgan fingerprint density at radius 3 is 2.64 bits per heavy atom. The number of hydrogen-bond acceptors (Lipinski definition) is 3. The van der Waals surface area contributed by atoms with E-state index in [0.717, 1.165) is 0 Å². The lowest BCUT2D eigenvalue weighted by Crippen LogP contribution is -2.18. The molecule has 0 amide bonds. The van der Waals surface area contributed by atoms with Crippen molar-refractivity contribution in [3.8, 4) is 0 Å². The van der Waals surface area contributed by atoms with Crippen LogP contribution in [0.4, 0.5) is 0 Å². The molecule has 64 valence electrons. The van der Waals surface area contributed by atoms with Crippen LogP contribution in [0.1, 0.15) is 19.8 Å². The van der Waals surface area contributed by atoms with Crippen LogP contribution >= 0.6 is 0 Å². The Labute approximate surface area is 65.3 Å². The van der Waals surface area contributed by atoms with E-state index < -0.39 is 6.10 Å². The topological polar surface area (TPSA) is 89.2 Å². The van der Waals surface area contributed by atoms with Gasteiger partial charge in [-0.25, -0.2) is 0 Å². The van der Waals surface area contributed by atoms with E-state index in [9.17, 15) is 0 Å². The van der Waals surface area contributed by atoms with Crippen molar-refractivity contribution in [2.24, 2.45) is 5.11 Å². The molecule has 0 saturated carbocycles. The first-order chi connectivity index (χ1) is 5.24. The predicted molar refractivity (Wildman–Crippen MR) is 40.9 cm³/mol. The van der Waals surface area contributed by atoms with E-state index in [-0.39, 0.29) is 12.6 Å². The van der Waals surface area contributed by atoms with Gasteiger partial charge in [-0.1, -0.05) is 12.0 Å². The number of rotatable bonds is 5. The zero-order valence-electron chi connectivity index (χ0n) is 6.51. The minimum absolute atomic E-state index is 0.206. The Kier molecular flexibility index (Phi) is 5.56. The van der Waals surface area contributed by atoms with E-state index in [1.165, 1.54) is 0 Å². The van der Waals surface area contributed by atoms with Gasteiger partial charge in [0.2, 0.25) is 0 Å². The summed E-state index contributed by atoms with van der Waals surface area (Å²) in [6.07, 6.45) is 0.239. The second-order valence-electron chi connectivity index (χ2n) is 2.34. The number of azide groups is 1. The summed E-state index contributed by atoms with van der Waals surface area (Å²) in [6, 6.07) is -0.206. The second-order valence-corrected chi connectivity index (χ2v) is 2.34. The molecule has 0 unspecified atom stereocenters. The van der Waals surface area contributed by atoms with Gasteiger partial charge in [-0.3, -0.25) is 0 Å². The standard InChI is InChI=1S/C6H13N3O2/c1-2-5(8-9-7)3-6(11)4-10/h5-6,10-11H,2-4H2,1H3/t5-,6+/m0/s1. The molecule has 0 aliphatic heterocycles. The zero-order chi connectivity index (χ0) is 8.69. The number of hydrogen-bond donors (Lipinski definition) is 2. The zero-order valence-corrected chi connectivity index (χ0v) is 6.51. The van der Waals surface area contributed by atoms with Crippen LogP contribution in [-0.4, -0.2) is 29.0 Å². The third kappa shape index (κ3) is 4.61. The molecule has 0 aromatic rings. The van der Waals surface area contributed by atoms with Crippen molar-refractivity contribution >= 4 is 0 Å². The Hall–Kier alpha value is -0.770. The van der Waals surface area contributed by atoms with E-state index in [1.807, 2.05) is 6.92 Å². The van der Waals surface area contributed by atoms with Crippen LogP contribution in [0.2, 0.25) is 0 Å². The Balaban J connectivity index is 3.76. The lowest BCUT2D eigenvalue weighted by Gasteiger charge is -2.11. The summed E-state index contributed by atoms with van der Waals surface area (Å²) in [5.74, 6) is 0. The highest BCUT2D eigenvalue weighted by Crippen LogP contribution is 2.06. The highest BCUT2D eigenvalue weighted by Gasteiger charge is 2.09. The maximum atomic E-state index is 8.95. The van der Waals surface area contributed by atoms with Crippen LogP contribution in [0.15, 0.2) is 5.11 Å². The first-order valence-electron chi connectivity index (χ1n) is 3.57. The molecule has 0 radical (unpaired) electrons. The van der Waals surface area contributed by atoms with Crippen LogP contribution in [0, 0.1) is 0 Å². The highest BCUT2D eigenvalue weighted by molar-refractivity contribution is 4.69. The maximum absolute atomic E-state index is 8.95. The van der Waals surface area contributed by atoms with Crippen LogP contribution in [0.5, 0.6) is 0 Å². The van der Waals surface area contributed by atoms with E-state index >= 15 is 0 Å². The summed E-state index contributed by atoms with van der Waals surface area (Å²) < 4.78 is 0. The molecular weight excluding hydrogens is 146 g/mol. The van der Waals surface area contributed by atoms with Gasteiger partial charge in [-0.05, 0) is 18.4 Å². The first-order valence-corrected chi connectivity index (χ1v) is 3.57. The molecule has 5 nitrogen and oxygen atoms in total. The molecule has 0 aliphatic carbocycles. The summed E-state index contributed by atoms with van der Waals surface area (Å²) in [6.45, 7) is 1.58. The lowest BCUT2D eigenvalue weighted by molar-refractivity contribution is 0.0823. The molecule has 0 fully saturated rings. The maximum Gasteiger partial charge on any atom is 0.0774 e. The Morgan fingerprint density at radius 2 is 2.27 bits per heavy atom. The average Bonchev–Trinajstić information content (AvgIpc) is 2.03. The van der Waals surface area contributed by atoms with Gasteiger partial charge in [0.05, 0.1) is 12.7 Å². The van der Waals surface area contributed by atoms with Crippen molar-refractivity contribution in [1.29, 1.82) is 0 Å². The molecule has 0 bridgehead atoms. The van der Waals surface area contributed by atoms with Gasteiger partial charge >= 0.3 is 0 Å². The Bertz CT molecular complexity index is 145. The average molecular weight is 159 g/mol. The fourth-order valence-electron chi connectivity index (χ4n) is 0.757. The SMILES string of the molecule is CC[C@@H](C[C@@H](O)CO)N=[N+]=[N-]. The van der Waals surface area contributed by atoms with Gasteiger partial charge in [0, 0.05) is 11.0 Å². The third-order valence-electron chi connectivity index (χ3n) is 1.44. The van der Waals surface area contributed by atoms with Gasteiger partial charge in [-0.2, -0.15) is 0 Å². The summed E-state index contributed by atoms with van der Waals surface area (Å²) >= 11 is 0. The van der Waals surface area contributed by atoms with Gasteiger partial charge in [0.1, 0.15) is 0 Å². The van der Waals surface area contributed by atoms with Gasteiger partial charge in [0.25, 0.3) is 0 Å². The van der Waals surface area contributed by atoms with Crippen molar-refractivity contribution in [1.82, 2.24) is 0 Å². The first kappa shape index (κ1) is 10.2. The number of aliphatic hydroxyl groups is 2. The van der Waals surface area contributed by atoms with Crippen molar-refractivity contribution in [3.05, 3.63) is 10.4 Å². The van der Waals surface area contributed by atoms with Gasteiger partial charge in [0.15, 0.2) is 0 Å². The largest absolute Gasteiger partial charge is 0.394 e. The molecule has 0 aromatic carbocycles. The lowest BCUT2D eigenvalue weighted by atomic mass is 10.1. The molecule has 5 heteroatoms. The van der Waals surface area contributed by atoms with E-state index in [0.29, 0.717) is 12.8 Å². The summed E-state index contributed by atoms with van der Waals surface area (Å²) in [4.78, 5) is 2.63. The quantitative estimate of drug-likeness (QED) is 0.353. The monoisotopic (exact) mass is 159 g/mol. The summed E-state index contributed by atoms with van der Waals surface area (Å²) in [5.41, 5.74) is 8.07. The van der Waals surface area contributed by atoms with E-state index in [2.05, 4.69) is 10.0 Å². The second kappa shape index (κ2) is 5.97. The fraction of sp³-hybridized carbons (Fsp3) is 1.00. The highest BCUT2D eigenvalue weighted by atomic mass is 16.3. The smallest absolute Gasteiger partial charge is 0.0774 e. The molecule has 0 aliphatic rings. The number of aliphatic hydroxyl groups excluding tert-OH is 2. The molecule has 0 heterocycles. The summed E-state index contributed by atoms with van der Waals surface area (Å²) in [7, 11) is 0. The normalized spacial score (nSPS) is 15.2. The predicted octanol–water partition coefficient (Wildman–Crippen LogP) is 0.819. The molecule has 0 rings (SSSR count). The van der Waals surface area contributed by atoms with Crippen LogP contribution < -0.4 is 0 Å². The van der Waals surface area contributed by atoms with Crippen molar-refractivity contribution in [3.63, 3.8) is 0 Å². The van der Waals surface area contributed by atoms with Gasteiger partial charge in [-0.15, -0.1) is 0 Å². The minimum atomic E-state index is -0.773. The molecular formula is C6H13N3O2. The van der Waals surface area contributed by atoms with Gasteiger partial charge < -0.3 is 10.2 Å². The summed E-state index contributed by atoms with van der Waals surface area (Å²) in [5, 5.41) is 20.9. The molecule has 0 saturated heterocycles. The molecule has 0 spiro atoms.